The molecule has 1 aromatic heterocycles. The van der Waals surface area contributed by atoms with Gasteiger partial charge < -0.3 is 9.73 Å². The highest BCUT2D eigenvalue weighted by atomic mass is 35.5. The van der Waals surface area contributed by atoms with Crippen molar-refractivity contribution in [3.8, 4) is 0 Å². The van der Waals surface area contributed by atoms with Crippen molar-refractivity contribution in [2.75, 3.05) is 17.6 Å². The number of hydrogen-bond donors (Lipinski definition) is 1. The zero-order valence-corrected chi connectivity index (χ0v) is 10.9. The monoisotopic (exact) mass is 267 g/mol. The normalized spacial score (nSPS) is 10.4. The van der Waals surface area contributed by atoms with Gasteiger partial charge in [-0.3, -0.25) is 0 Å². The quantitative estimate of drug-likeness (QED) is 0.791. The first-order valence-electron chi connectivity index (χ1n) is 5.45. The molecule has 0 fully saturated rings. The Balaban J connectivity index is 1.65. The van der Waals surface area contributed by atoms with E-state index in [0.717, 1.165) is 34.5 Å². The van der Waals surface area contributed by atoms with E-state index in [1.54, 1.807) is 6.26 Å². The molecule has 0 aliphatic carbocycles. The summed E-state index contributed by atoms with van der Waals surface area (Å²) in [5.41, 5.74) is 0.993. The molecule has 0 aliphatic rings. The van der Waals surface area contributed by atoms with Gasteiger partial charge in [0.1, 0.15) is 5.76 Å². The fourth-order valence-corrected chi connectivity index (χ4v) is 2.39. The van der Waals surface area contributed by atoms with Crippen LogP contribution < -0.4 is 5.32 Å². The number of hydrogen-bond acceptors (Lipinski definition) is 3. The summed E-state index contributed by atoms with van der Waals surface area (Å²) in [5, 5.41) is 4.08. The molecule has 0 amide bonds. The van der Waals surface area contributed by atoms with E-state index in [-0.39, 0.29) is 0 Å². The van der Waals surface area contributed by atoms with Crippen LogP contribution in [0.4, 0.5) is 5.69 Å². The summed E-state index contributed by atoms with van der Waals surface area (Å²) >= 11 is 7.87. The summed E-state index contributed by atoms with van der Waals surface area (Å²) in [4.78, 5) is 0. The van der Waals surface area contributed by atoms with Gasteiger partial charge in [-0.05, 0) is 24.3 Å². The number of thioether (sulfide) groups is 1. The molecule has 2 aromatic rings. The first-order chi connectivity index (χ1) is 8.36. The summed E-state index contributed by atoms with van der Waals surface area (Å²) in [5.74, 6) is 2.95. The summed E-state index contributed by atoms with van der Waals surface area (Å²) in [7, 11) is 0. The molecule has 0 unspecified atom stereocenters. The van der Waals surface area contributed by atoms with Crippen molar-refractivity contribution in [2.24, 2.45) is 0 Å². The lowest BCUT2D eigenvalue weighted by Crippen LogP contribution is -2.04. The van der Waals surface area contributed by atoms with Gasteiger partial charge in [0.05, 0.1) is 22.7 Å². The lowest BCUT2D eigenvalue weighted by atomic mass is 10.3. The van der Waals surface area contributed by atoms with E-state index in [0.29, 0.717) is 0 Å². The van der Waals surface area contributed by atoms with Gasteiger partial charge in [-0.15, -0.1) is 0 Å². The van der Waals surface area contributed by atoms with Crippen molar-refractivity contribution in [2.45, 2.75) is 5.75 Å². The Kier molecular flexibility index (Phi) is 4.83. The molecule has 1 heterocycles. The number of benzene rings is 1. The standard InChI is InChI=1S/C13H14ClNOS/c14-12-5-1-2-6-13(12)15-7-9-17-10-11-4-3-8-16-11/h1-6,8,15H,7,9-10H2. The number of rotatable bonds is 6. The first kappa shape index (κ1) is 12.4. The van der Waals surface area contributed by atoms with Crippen molar-refractivity contribution in [3.63, 3.8) is 0 Å². The number of furan rings is 1. The molecule has 0 saturated heterocycles. The molecule has 0 radical (unpaired) electrons. The molecule has 0 saturated carbocycles. The van der Waals surface area contributed by atoms with Gasteiger partial charge in [0.25, 0.3) is 0 Å². The Hall–Kier alpha value is -1.06. The molecular formula is C13H14ClNOS. The minimum atomic E-state index is 0.767. The molecule has 1 aromatic carbocycles. The summed E-state index contributed by atoms with van der Waals surface area (Å²) in [6, 6.07) is 11.7. The third kappa shape index (κ3) is 4.02. The molecular weight excluding hydrogens is 254 g/mol. The predicted molar refractivity (Wildman–Crippen MR) is 74.8 cm³/mol. The van der Waals surface area contributed by atoms with Gasteiger partial charge in [-0.1, -0.05) is 23.7 Å². The molecule has 1 N–H and O–H groups in total. The zero-order chi connectivity index (χ0) is 11.9. The smallest absolute Gasteiger partial charge is 0.113 e. The third-order valence-electron chi connectivity index (χ3n) is 2.26. The second-order valence-corrected chi connectivity index (χ2v) is 5.05. The number of nitrogens with one attached hydrogen (secondary N) is 1. The molecule has 0 bridgehead atoms. The van der Waals surface area contributed by atoms with Crippen LogP contribution in [0.5, 0.6) is 0 Å². The fourth-order valence-electron chi connectivity index (χ4n) is 1.43. The Morgan fingerprint density at radius 2 is 2.06 bits per heavy atom. The minimum absolute atomic E-state index is 0.767. The molecule has 2 rings (SSSR count). The third-order valence-corrected chi connectivity index (χ3v) is 3.57. The Morgan fingerprint density at radius 1 is 1.18 bits per heavy atom. The largest absolute Gasteiger partial charge is 0.468 e. The molecule has 0 spiro atoms. The fraction of sp³-hybridized carbons (Fsp3) is 0.231. The summed E-state index contributed by atoms with van der Waals surface area (Å²) in [6.07, 6.45) is 1.71. The SMILES string of the molecule is Clc1ccccc1NCCSCc1ccco1. The molecule has 0 aliphatic heterocycles. The molecule has 2 nitrogen and oxygen atoms in total. The highest BCUT2D eigenvalue weighted by Gasteiger charge is 1.98. The van der Waals surface area contributed by atoms with Crippen molar-refractivity contribution in [1.82, 2.24) is 0 Å². The van der Waals surface area contributed by atoms with Gasteiger partial charge in [-0.2, -0.15) is 11.8 Å². The number of para-hydroxylation sites is 1. The average Bonchev–Trinajstić information content (AvgIpc) is 2.84. The highest BCUT2D eigenvalue weighted by molar-refractivity contribution is 7.98. The van der Waals surface area contributed by atoms with Gasteiger partial charge in [-0.25, -0.2) is 0 Å². The average molecular weight is 268 g/mol. The maximum absolute atomic E-state index is 6.03. The van der Waals surface area contributed by atoms with Crippen LogP contribution in [0.1, 0.15) is 5.76 Å². The first-order valence-corrected chi connectivity index (χ1v) is 6.98. The van der Waals surface area contributed by atoms with E-state index in [9.17, 15) is 0 Å². The second kappa shape index (κ2) is 6.62. The van der Waals surface area contributed by atoms with Gasteiger partial charge in [0.15, 0.2) is 0 Å². The van der Waals surface area contributed by atoms with Crippen LogP contribution in [0, 0.1) is 0 Å². The van der Waals surface area contributed by atoms with Crippen LogP contribution in [-0.4, -0.2) is 12.3 Å². The highest BCUT2D eigenvalue weighted by Crippen LogP contribution is 2.20. The number of halogens is 1. The maximum atomic E-state index is 6.03. The summed E-state index contributed by atoms with van der Waals surface area (Å²) in [6.45, 7) is 0.898. The van der Waals surface area contributed by atoms with E-state index in [1.165, 1.54) is 0 Å². The summed E-state index contributed by atoms with van der Waals surface area (Å²) < 4.78 is 5.26. The minimum Gasteiger partial charge on any atom is -0.468 e. The van der Waals surface area contributed by atoms with Crippen LogP contribution in [0.15, 0.2) is 47.1 Å². The lowest BCUT2D eigenvalue weighted by Gasteiger charge is -2.07. The van der Waals surface area contributed by atoms with Crippen LogP contribution in [-0.2, 0) is 5.75 Å². The van der Waals surface area contributed by atoms with Crippen LogP contribution in [0.2, 0.25) is 5.02 Å². The Bertz CT molecular complexity index is 444. The topological polar surface area (TPSA) is 25.2 Å². The maximum Gasteiger partial charge on any atom is 0.113 e. The van der Waals surface area contributed by atoms with Crippen molar-refractivity contribution in [1.29, 1.82) is 0 Å². The number of anilines is 1. The van der Waals surface area contributed by atoms with Crippen LogP contribution in [0.25, 0.3) is 0 Å². The van der Waals surface area contributed by atoms with Gasteiger partial charge in [0.2, 0.25) is 0 Å². The zero-order valence-electron chi connectivity index (χ0n) is 9.36. The molecule has 4 heteroatoms. The lowest BCUT2D eigenvalue weighted by molar-refractivity contribution is 0.530. The predicted octanol–water partition coefficient (Wildman–Crippen LogP) is 4.28. The van der Waals surface area contributed by atoms with E-state index in [4.69, 9.17) is 16.0 Å². The van der Waals surface area contributed by atoms with E-state index in [2.05, 4.69) is 5.32 Å². The molecule has 0 atom stereocenters. The molecule has 90 valence electrons. The Labute approximate surface area is 110 Å². The van der Waals surface area contributed by atoms with Crippen molar-refractivity contribution in [3.05, 3.63) is 53.4 Å². The van der Waals surface area contributed by atoms with E-state index < -0.39 is 0 Å². The van der Waals surface area contributed by atoms with E-state index in [1.807, 2.05) is 48.2 Å². The van der Waals surface area contributed by atoms with Crippen molar-refractivity contribution >= 4 is 29.1 Å². The molecule has 17 heavy (non-hydrogen) atoms. The van der Waals surface area contributed by atoms with Gasteiger partial charge in [0, 0.05) is 12.3 Å². The second-order valence-electron chi connectivity index (χ2n) is 3.54. The van der Waals surface area contributed by atoms with Crippen LogP contribution >= 0.6 is 23.4 Å². The van der Waals surface area contributed by atoms with Gasteiger partial charge >= 0.3 is 0 Å². The van der Waals surface area contributed by atoms with Crippen molar-refractivity contribution < 1.29 is 4.42 Å². The van der Waals surface area contributed by atoms with E-state index >= 15 is 0 Å². The van der Waals surface area contributed by atoms with Crippen LogP contribution in [0.3, 0.4) is 0 Å². The Morgan fingerprint density at radius 3 is 2.82 bits per heavy atom.